The van der Waals surface area contributed by atoms with Crippen LogP contribution in [0, 0.1) is 5.82 Å². The number of carbonyl (C=O) groups is 1. The molecule has 92 valence electrons. The third kappa shape index (κ3) is 3.27. The van der Waals surface area contributed by atoms with Crippen LogP contribution in [-0.2, 0) is 16.1 Å². The molecule has 1 aliphatic carbocycles. The first-order valence-electron chi connectivity index (χ1n) is 5.73. The Morgan fingerprint density at radius 2 is 2.06 bits per heavy atom. The highest BCUT2D eigenvalue weighted by atomic mass is 35.5. The molecule has 0 unspecified atom stereocenters. The van der Waals surface area contributed by atoms with E-state index in [2.05, 4.69) is 0 Å². The summed E-state index contributed by atoms with van der Waals surface area (Å²) in [4.78, 5) is 11.1. The number of benzene rings is 1. The zero-order chi connectivity index (χ0) is 12.3. The number of hydrogen-bond acceptors (Lipinski definition) is 2. The van der Waals surface area contributed by atoms with E-state index in [9.17, 15) is 9.18 Å². The lowest BCUT2D eigenvalue weighted by molar-refractivity contribution is -0.123. The lowest BCUT2D eigenvalue weighted by Crippen LogP contribution is -2.21. The van der Waals surface area contributed by atoms with E-state index in [1.165, 1.54) is 6.07 Å². The first-order chi connectivity index (χ1) is 8.16. The van der Waals surface area contributed by atoms with E-state index in [-0.39, 0.29) is 11.1 Å². The zero-order valence-electron chi connectivity index (χ0n) is 9.42. The number of carbonyl (C=O) groups excluding carboxylic acids is 1. The van der Waals surface area contributed by atoms with Crippen molar-refractivity contribution in [1.82, 2.24) is 0 Å². The molecule has 1 saturated carbocycles. The molecule has 17 heavy (non-hydrogen) atoms. The second-order valence-electron chi connectivity index (χ2n) is 4.26. The molecule has 0 atom stereocenters. The summed E-state index contributed by atoms with van der Waals surface area (Å²) in [5, 5.41) is 0.124. The number of halogens is 2. The Kier molecular flexibility index (Phi) is 4.13. The average Bonchev–Trinajstić information content (AvgIpc) is 2.33. The molecule has 0 aliphatic heterocycles. The third-order valence-corrected chi connectivity index (χ3v) is 3.42. The first kappa shape index (κ1) is 12.5. The lowest BCUT2D eigenvalue weighted by Gasteiger charge is -2.21. The molecule has 0 heterocycles. The van der Waals surface area contributed by atoms with Crippen molar-refractivity contribution >= 4 is 17.4 Å². The van der Waals surface area contributed by atoms with Gasteiger partial charge in [-0.2, -0.15) is 0 Å². The molecule has 0 aromatic heterocycles. The topological polar surface area (TPSA) is 26.3 Å². The molecule has 2 nitrogen and oxygen atoms in total. The number of ether oxygens (including phenoxy) is 1. The van der Waals surface area contributed by atoms with Crippen LogP contribution in [-0.4, -0.2) is 11.9 Å². The van der Waals surface area contributed by atoms with Crippen molar-refractivity contribution < 1.29 is 13.9 Å². The Balaban J connectivity index is 1.89. The van der Waals surface area contributed by atoms with Gasteiger partial charge < -0.3 is 4.74 Å². The smallest absolute Gasteiger partial charge is 0.142 e. The maximum absolute atomic E-state index is 13.2. The zero-order valence-corrected chi connectivity index (χ0v) is 10.2. The molecule has 1 aromatic carbocycles. The molecule has 1 fully saturated rings. The monoisotopic (exact) mass is 256 g/mol. The third-order valence-electron chi connectivity index (χ3n) is 3.00. The number of Topliss-reactive ketones (excluding diaryl/α,β-unsaturated/α-hetero) is 1. The molecular formula is C13H14ClFO2. The van der Waals surface area contributed by atoms with Crippen LogP contribution in [0.5, 0.6) is 0 Å². The SMILES string of the molecule is O=C1CCC(OCc2cccc(F)c2Cl)CC1. The van der Waals surface area contributed by atoms with Gasteiger partial charge in [-0.05, 0) is 24.5 Å². The molecule has 0 spiro atoms. The molecule has 1 aliphatic rings. The lowest BCUT2D eigenvalue weighted by atomic mass is 9.96. The Hall–Kier alpha value is -0.930. The maximum Gasteiger partial charge on any atom is 0.142 e. The number of hydrogen-bond donors (Lipinski definition) is 0. The normalized spacial score (nSPS) is 17.4. The summed E-state index contributed by atoms with van der Waals surface area (Å²) in [6.45, 7) is 0.301. The summed E-state index contributed by atoms with van der Waals surface area (Å²) in [5.74, 6) is -0.125. The summed E-state index contributed by atoms with van der Waals surface area (Å²) in [6.07, 6.45) is 2.77. The molecule has 0 saturated heterocycles. The predicted molar refractivity (Wildman–Crippen MR) is 63.5 cm³/mol. The van der Waals surface area contributed by atoms with Gasteiger partial charge in [-0.3, -0.25) is 4.79 Å². The quantitative estimate of drug-likeness (QED) is 0.827. The summed E-state index contributed by atoms with van der Waals surface area (Å²) in [5.41, 5.74) is 0.656. The van der Waals surface area contributed by atoms with Crippen molar-refractivity contribution in [2.45, 2.75) is 38.4 Å². The summed E-state index contributed by atoms with van der Waals surface area (Å²) < 4.78 is 18.8. The van der Waals surface area contributed by atoms with Gasteiger partial charge in [0, 0.05) is 12.8 Å². The number of rotatable bonds is 3. The second-order valence-corrected chi connectivity index (χ2v) is 4.64. The van der Waals surface area contributed by atoms with Gasteiger partial charge >= 0.3 is 0 Å². The maximum atomic E-state index is 13.2. The van der Waals surface area contributed by atoms with Crippen molar-refractivity contribution in [2.75, 3.05) is 0 Å². The second kappa shape index (κ2) is 5.61. The van der Waals surface area contributed by atoms with Gasteiger partial charge in [0.1, 0.15) is 11.6 Å². The standard InChI is InChI=1S/C13H14ClFO2/c14-13-9(2-1-3-12(13)15)8-17-11-6-4-10(16)5-7-11/h1-3,11H,4-8H2. The Morgan fingerprint density at radius 3 is 2.76 bits per heavy atom. The van der Waals surface area contributed by atoms with E-state index < -0.39 is 5.82 Å². The number of ketones is 1. The molecule has 0 bridgehead atoms. The molecule has 0 amide bonds. The van der Waals surface area contributed by atoms with Gasteiger partial charge in [0.05, 0.1) is 17.7 Å². The molecule has 1 aromatic rings. The van der Waals surface area contributed by atoms with Crippen LogP contribution in [0.1, 0.15) is 31.2 Å². The largest absolute Gasteiger partial charge is 0.373 e. The van der Waals surface area contributed by atoms with E-state index in [0.717, 1.165) is 12.8 Å². The van der Waals surface area contributed by atoms with Gasteiger partial charge in [0.25, 0.3) is 0 Å². The van der Waals surface area contributed by atoms with E-state index in [1.807, 2.05) is 0 Å². The van der Waals surface area contributed by atoms with Crippen LogP contribution in [0.25, 0.3) is 0 Å². The minimum atomic E-state index is -0.424. The summed E-state index contributed by atoms with van der Waals surface area (Å²) in [6, 6.07) is 4.69. The van der Waals surface area contributed by atoms with Gasteiger partial charge in [-0.25, -0.2) is 4.39 Å². The molecule has 0 N–H and O–H groups in total. The Labute approximate surface area is 105 Å². The summed E-state index contributed by atoms with van der Waals surface area (Å²) in [7, 11) is 0. The Bertz CT molecular complexity index is 410. The van der Waals surface area contributed by atoms with Crippen molar-refractivity contribution in [2.24, 2.45) is 0 Å². The minimum absolute atomic E-state index is 0.0898. The Morgan fingerprint density at radius 1 is 1.35 bits per heavy atom. The molecular weight excluding hydrogens is 243 g/mol. The fourth-order valence-electron chi connectivity index (χ4n) is 1.95. The van der Waals surface area contributed by atoms with Crippen molar-refractivity contribution in [3.05, 3.63) is 34.6 Å². The highest BCUT2D eigenvalue weighted by molar-refractivity contribution is 6.31. The van der Waals surface area contributed by atoms with Crippen LogP contribution >= 0.6 is 11.6 Å². The highest BCUT2D eigenvalue weighted by Gasteiger charge is 2.19. The van der Waals surface area contributed by atoms with Crippen LogP contribution in [0.3, 0.4) is 0 Å². The average molecular weight is 257 g/mol. The van der Waals surface area contributed by atoms with Crippen molar-refractivity contribution in [3.8, 4) is 0 Å². The van der Waals surface area contributed by atoms with Gasteiger partial charge in [0.2, 0.25) is 0 Å². The van der Waals surface area contributed by atoms with Crippen LogP contribution in [0.15, 0.2) is 18.2 Å². The molecule has 0 radical (unpaired) electrons. The predicted octanol–water partition coefficient (Wildman–Crippen LogP) is 3.51. The van der Waals surface area contributed by atoms with E-state index in [1.54, 1.807) is 12.1 Å². The molecule has 2 rings (SSSR count). The van der Waals surface area contributed by atoms with Gasteiger partial charge in [0.15, 0.2) is 0 Å². The van der Waals surface area contributed by atoms with Gasteiger partial charge in [-0.1, -0.05) is 23.7 Å². The van der Waals surface area contributed by atoms with Gasteiger partial charge in [-0.15, -0.1) is 0 Å². The minimum Gasteiger partial charge on any atom is -0.373 e. The van der Waals surface area contributed by atoms with Crippen LogP contribution in [0.2, 0.25) is 5.02 Å². The van der Waals surface area contributed by atoms with Crippen LogP contribution < -0.4 is 0 Å². The van der Waals surface area contributed by atoms with Crippen LogP contribution in [0.4, 0.5) is 4.39 Å². The highest BCUT2D eigenvalue weighted by Crippen LogP contribution is 2.23. The van der Waals surface area contributed by atoms with Crippen molar-refractivity contribution in [3.63, 3.8) is 0 Å². The molecule has 4 heteroatoms. The van der Waals surface area contributed by atoms with E-state index >= 15 is 0 Å². The van der Waals surface area contributed by atoms with E-state index in [4.69, 9.17) is 16.3 Å². The van der Waals surface area contributed by atoms with Crippen molar-refractivity contribution in [1.29, 1.82) is 0 Å². The van der Waals surface area contributed by atoms with E-state index in [0.29, 0.717) is 30.8 Å². The fourth-order valence-corrected chi connectivity index (χ4v) is 2.13. The fraction of sp³-hybridized carbons (Fsp3) is 0.462. The first-order valence-corrected chi connectivity index (χ1v) is 6.11. The summed E-state index contributed by atoms with van der Waals surface area (Å²) >= 11 is 5.82.